The van der Waals surface area contributed by atoms with E-state index in [1.807, 2.05) is 6.07 Å². The van der Waals surface area contributed by atoms with Gasteiger partial charge in [-0.2, -0.15) is 5.10 Å². The molecule has 1 heterocycles. The third-order valence-electron chi connectivity index (χ3n) is 3.65. The van der Waals surface area contributed by atoms with Crippen molar-refractivity contribution in [3.63, 3.8) is 0 Å². The Hall–Kier alpha value is -2.62. The number of aryl methyl sites for hydroxylation is 1. The molecule has 112 valence electrons. The summed E-state index contributed by atoms with van der Waals surface area (Å²) < 4.78 is 1.79. The fraction of sp³-hybridized carbons (Fsp3) is 0.222. The van der Waals surface area contributed by atoms with Crippen molar-refractivity contribution < 1.29 is 5.11 Å². The van der Waals surface area contributed by atoms with Gasteiger partial charge >= 0.3 is 0 Å². The van der Waals surface area contributed by atoms with Crippen molar-refractivity contribution >= 4 is 0 Å². The lowest BCUT2D eigenvalue weighted by atomic mass is 10.1. The lowest BCUT2D eigenvalue weighted by Crippen LogP contribution is -1.99. The SMILES string of the molecule is CCCCc1ccc(-n2ncnc2-c2cccc(O)c2)cc1. The average Bonchev–Trinajstić information content (AvgIpc) is 3.03. The van der Waals surface area contributed by atoms with Gasteiger partial charge in [-0.1, -0.05) is 37.6 Å². The molecular weight excluding hydrogens is 274 g/mol. The maximum atomic E-state index is 9.63. The number of hydrogen-bond acceptors (Lipinski definition) is 3. The molecule has 3 aromatic rings. The first-order chi connectivity index (χ1) is 10.8. The minimum atomic E-state index is 0.224. The van der Waals surface area contributed by atoms with Gasteiger partial charge in [0, 0.05) is 5.56 Å². The molecule has 0 aliphatic rings. The molecule has 0 aliphatic carbocycles. The fourth-order valence-corrected chi connectivity index (χ4v) is 2.46. The summed E-state index contributed by atoms with van der Waals surface area (Å²) in [6.45, 7) is 2.20. The molecule has 0 atom stereocenters. The standard InChI is InChI=1S/C18H19N3O/c1-2-3-5-14-8-10-16(11-9-14)21-18(19-13-20-21)15-6-4-7-17(22)12-15/h4,6-13,22H,2-3,5H2,1H3. The summed E-state index contributed by atoms with van der Waals surface area (Å²) >= 11 is 0. The first kappa shape index (κ1) is 14.3. The van der Waals surface area contributed by atoms with Gasteiger partial charge in [0.1, 0.15) is 12.1 Å². The van der Waals surface area contributed by atoms with Gasteiger partial charge in [0.15, 0.2) is 5.82 Å². The van der Waals surface area contributed by atoms with E-state index < -0.39 is 0 Å². The highest BCUT2D eigenvalue weighted by Crippen LogP contribution is 2.23. The second-order valence-electron chi connectivity index (χ2n) is 5.32. The predicted molar refractivity (Wildman–Crippen MR) is 87.1 cm³/mol. The number of aromatic hydroxyl groups is 1. The fourth-order valence-electron chi connectivity index (χ4n) is 2.46. The third-order valence-corrected chi connectivity index (χ3v) is 3.65. The molecule has 1 N–H and O–H groups in total. The van der Waals surface area contributed by atoms with Crippen LogP contribution in [0.5, 0.6) is 5.75 Å². The highest BCUT2D eigenvalue weighted by atomic mass is 16.3. The summed E-state index contributed by atoms with van der Waals surface area (Å²) in [5.74, 6) is 0.944. The largest absolute Gasteiger partial charge is 0.508 e. The van der Waals surface area contributed by atoms with Gasteiger partial charge < -0.3 is 5.11 Å². The van der Waals surface area contributed by atoms with E-state index in [1.165, 1.54) is 24.7 Å². The number of hydrogen-bond donors (Lipinski definition) is 1. The molecule has 0 saturated heterocycles. The van der Waals surface area contributed by atoms with Crippen LogP contribution >= 0.6 is 0 Å². The third kappa shape index (κ3) is 3.01. The van der Waals surface area contributed by atoms with Crippen molar-refractivity contribution in [1.82, 2.24) is 14.8 Å². The Kier molecular flexibility index (Phi) is 4.19. The molecular formula is C18H19N3O. The van der Waals surface area contributed by atoms with Crippen LogP contribution < -0.4 is 0 Å². The second-order valence-corrected chi connectivity index (χ2v) is 5.32. The van der Waals surface area contributed by atoms with Crippen molar-refractivity contribution in [1.29, 1.82) is 0 Å². The summed E-state index contributed by atoms with van der Waals surface area (Å²) in [7, 11) is 0. The van der Waals surface area contributed by atoms with Crippen molar-refractivity contribution in [2.45, 2.75) is 26.2 Å². The van der Waals surface area contributed by atoms with Gasteiger partial charge in [0.25, 0.3) is 0 Å². The smallest absolute Gasteiger partial charge is 0.163 e. The number of benzene rings is 2. The number of unbranched alkanes of at least 4 members (excludes halogenated alkanes) is 1. The minimum absolute atomic E-state index is 0.224. The van der Waals surface area contributed by atoms with E-state index in [9.17, 15) is 5.11 Å². The van der Waals surface area contributed by atoms with E-state index in [4.69, 9.17) is 0 Å². The van der Waals surface area contributed by atoms with E-state index in [0.717, 1.165) is 23.5 Å². The summed E-state index contributed by atoms with van der Waals surface area (Å²) in [4.78, 5) is 4.32. The quantitative estimate of drug-likeness (QED) is 0.774. The molecule has 2 aromatic carbocycles. The Morgan fingerprint density at radius 1 is 1.09 bits per heavy atom. The van der Waals surface area contributed by atoms with Crippen LogP contribution in [-0.4, -0.2) is 19.9 Å². The van der Waals surface area contributed by atoms with E-state index >= 15 is 0 Å². The van der Waals surface area contributed by atoms with Gasteiger partial charge in [-0.3, -0.25) is 0 Å². The summed E-state index contributed by atoms with van der Waals surface area (Å²) in [6.07, 6.45) is 5.04. The number of aromatic nitrogens is 3. The van der Waals surface area contributed by atoms with Crippen molar-refractivity contribution in [3.05, 3.63) is 60.4 Å². The van der Waals surface area contributed by atoms with Crippen LogP contribution in [0.25, 0.3) is 17.1 Å². The molecule has 0 fully saturated rings. The van der Waals surface area contributed by atoms with Crippen molar-refractivity contribution in [2.24, 2.45) is 0 Å². The summed E-state index contributed by atoms with van der Waals surface area (Å²) in [5.41, 5.74) is 3.15. The molecule has 0 bridgehead atoms. The van der Waals surface area contributed by atoms with Crippen LogP contribution in [0.2, 0.25) is 0 Å². The first-order valence-corrected chi connectivity index (χ1v) is 7.56. The molecule has 0 aliphatic heterocycles. The number of phenolic OH excluding ortho intramolecular Hbond substituents is 1. The molecule has 22 heavy (non-hydrogen) atoms. The van der Waals surface area contributed by atoms with Gasteiger partial charge in [0.2, 0.25) is 0 Å². The molecule has 0 saturated carbocycles. The van der Waals surface area contributed by atoms with Crippen LogP contribution in [0.15, 0.2) is 54.9 Å². The lowest BCUT2D eigenvalue weighted by Gasteiger charge is -2.07. The second kappa shape index (κ2) is 6.43. The molecule has 1 aromatic heterocycles. The highest BCUT2D eigenvalue weighted by Gasteiger charge is 2.09. The molecule has 4 nitrogen and oxygen atoms in total. The Morgan fingerprint density at radius 2 is 1.91 bits per heavy atom. The minimum Gasteiger partial charge on any atom is -0.508 e. The summed E-state index contributed by atoms with van der Waals surface area (Å²) in [5, 5.41) is 13.9. The van der Waals surface area contributed by atoms with Crippen LogP contribution in [0.4, 0.5) is 0 Å². The zero-order valence-corrected chi connectivity index (χ0v) is 12.6. The summed E-state index contributed by atoms with van der Waals surface area (Å²) in [6, 6.07) is 15.5. The lowest BCUT2D eigenvalue weighted by molar-refractivity contribution is 0.475. The number of phenols is 1. The van der Waals surface area contributed by atoms with Crippen molar-refractivity contribution in [3.8, 4) is 22.8 Å². The van der Waals surface area contributed by atoms with E-state index in [1.54, 1.807) is 22.9 Å². The van der Waals surface area contributed by atoms with E-state index in [-0.39, 0.29) is 5.75 Å². The van der Waals surface area contributed by atoms with Gasteiger partial charge in [-0.05, 0) is 42.7 Å². The predicted octanol–water partition coefficient (Wildman–Crippen LogP) is 3.98. The molecule has 3 rings (SSSR count). The zero-order chi connectivity index (χ0) is 15.4. The maximum absolute atomic E-state index is 9.63. The Bertz CT molecular complexity index is 747. The van der Waals surface area contributed by atoms with Crippen molar-refractivity contribution in [2.75, 3.05) is 0 Å². The Morgan fingerprint density at radius 3 is 2.64 bits per heavy atom. The van der Waals surface area contributed by atoms with Crippen LogP contribution in [0, 0.1) is 0 Å². The highest BCUT2D eigenvalue weighted by molar-refractivity contribution is 5.59. The van der Waals surface area contributed by atoms with Gasteiger partial charge in [-0.15, -0.1) is 0 Å². The zero-order valence-electron chi connectivity index (χ0n) is 12.6. The normalized spacial score (nSPS) is 10.8. The van der Waals surface area contributed by atoms with E-state index in [0.29, 0.717) is 0 Å². The van der Waals surface area contributed by atoms with Crippen LogP contribution in [0.3, 0.4) is 0 Å². The maximum Gasteiger partial charge on any atom is 0.163 e. The number of rotatable bonds is 5. The topological polar surface area (TPSA) is 50.9 Å². The average molecular weight is 293 g/mol. The number of nitrogens with zero attached hydrogens (tertiary/aromatic N) is 3. The Balaban J connectivity index is 1.91. The first-order valence-electron chi connectivity index (χ1n) is 7.56. The van der Waals surface area contributed by atoms with Crippen LogP contribution in [-0.2, 0) is 6.42 Å². The molecule has 4 heteroatoms. The van der Waals surface area contributed by atoms with Crippen LogP contribution in [0.1, 0.15) is 25.3 Å². The molecule has 0 unspecified atom stereocenters. The monoisotopic (exact) mass is 293 g/mol. The molecule has 0 radical (unpaired) electrons. The van der Waals surface area contributed by atoms with Gasteiger partial charge in [0.05, 0.1) is 5.69 Å². The van der Waals surface area contributed by atoms with Gasteiger partial charge in [-0.25, -0.2) is 9.67 Å². The molecule has 0 spiro atoms. The Labute approximate surface area is 130 Å². The van der Waals surface area contributed by atoms with E-state index in [2.05, 4.69) is 41.3 Å². The molecule has 0 amide bonds.